The van der Waals surface area contributed by atoms with Gasteiger partial charge in [0.05, 0.1) is 19.7 Å². The number of carbonyl (C=O) groups is 4. The van der Waals surface area contributed by atoms with E-state index >= 15 is 0 Å². The number of alkyl carbamates (subject to hydrolysis) is 2. The van der Waals surface area contributed by atoms with Crippen LogP contribution in [0.2, 0.25) is 0 Å². The van der Waals surface area contributed by atoms with E-state index in [1.54, 1.807) is 13.8 Å². The van der Waals surface area contributed by atoms with E-state index in [4.69, 9.17) is 18.9 Å². The van der Waals surface area contributed by atoms with Crippen LogP contribution in [-0.4, -0.2) is 87.9 Å². The Bertz CT molecular complexity index is 900. The molecule has 0 atom stereocenters. The second kappa shape index (κ2) is 27.1. The molecule has 244 valence electrons. The quantitative estimate of drug-likeness (QED) is 0.0474. The standard InChI is InChI=1S/C29H48N4O10/c1-29(2,15-20-41-27(38)32-18-11-5-3-9-16-30-23-34)43-26(37)14-8-7-13-25(36)40-21-22-42-28(39)33-19-12-6-4-10-17-31-24-35/h3-22H2,1-2H3,(H,32,38)(H,33,39). The molecule has 0 aliphatic heterocycles. The van der Waals surface area contributed by atoms with Gasteiger partial charge < -0.3 is 29.6 Å². The van der Waals surface area contributed by atoms with Crippen LogP contribution < -0.4 is 10.6 Å². The highest BCUT2D eigenvalue weighted by atomic mass is 16.6. The van der Waals surface area contributed by atoms with Crippen LogP contribution in [0.15, 0.2) is 9.98 Å². The van der Waals surface area contributed by atoms with E-state index in [9.17, 15) is 28.8 Å². The fraction of sp³-hybridized carbons (Fsp3) is 0.793. The molecule has 0 rings (SSSR count). The van der Waals surface area contributed by atoms with Crippen LogP contribution in [0.4, 0.5) is 9.59 Å². The van der Waals surface area contributed by atoms with Gasteiger partial charge in [-0.05, 0) is 52.4 Å². The summed E-state index contributed by atoms with van der Waals surface area (Å²) in [6.45, 7) is 5.32. The van der Waals surface area contributed by atoms with Gasteiger partial charge in [-0.2, -0.15) is 0 Å². The molecule has 0 aromatic carbocycles. The molecule has 0 radical (unpaired) electrons. The molecule has 0 spiro atoms. The Balaban J connectivity index is 3.74. The molecule has 0 aromatic rings. The summed E-state index contributed by atoms with van der Waals surface area (Å²) in [5, 5.41) is 5.27. The Hall–Kier alpha value is -3.76. The molecule has 0 unspecified atom stereocenters. The number of amides is 2. The lowest BCUT2D eigenvalue weighted by Crippen LogP contribution is -2.32. The van der Waals surface area contributed by atoms with Crippen molar-refractivity contribution in [2.45, 2.75) is 103 Å². The van der Waals surface area contributed by atoms with Crippen molar-refractivity contribution in [1.29, 1.82) is 0 Å². The lowest BCUT2D eigenvalue weighted by atomic mass is 10.1. The van der Waals surface area contributed by atoms with Gasteiger partial charge in [0.15, 0.2) is 0 Å². The van der Waals surface area contributed by atoms with Crippen molar-refractivity contribution in [3.05, 3.63) is 0 Å². The number of aliphatic imine (C=N–C) groups is 2. The summed E-state index contributed by atoms with van der Waals surface area (Å²) >= 11 is 0. The summed E-state index contributed by atoms with van der Waals surface area (Å²) in [5.41, 5.74) is -0.820. The molecular formula is C29H48N4O10. The topological polar surface area (TPSA) is 188 Å². The maximum Gasteiger partial charge on any atom is 0.407 e. The molecule has 2 N–H and O–H groups in total. The summed E-state index contributed by atoms with van der Waals surface area (Å²) in [4.78, 5) is 74.3. The summed E-state index contributed by atoms with van der Waals surface area (Å²) in [6, 6.07) is 0. The smallest absolute Gasteiger partial charge is 0.407 e. The fourth-order valence-electron chi connectivity index (χ4n) is 3.61. The summed E-state index contributed by atoms with van der Waals surface area (Å²) in [6.07, 6.45) is 10.1. The van der Waals surface area contributed by atoms with E-state index in [1.807, 2.05) is 0 Å². The number of unbranched alkanes of at least 4 members (excludes halogenated alkanes) is 7. The monoisotopic (exact) mass is 612 g/mol. The van der Waals surface area contributed by atoms with Crippen molar-refractivity contribution in [3.8, 4) is 0 Å². The Kier molecular flexibility index (Phi) is 24.7. The lowest BCUT2D eigenvalue weighted by molar-refractivity contribution is -0.158. The molecule has 43 heavy (non-hydrogen) atoms. The molecule has 14 heteroatoms. The number of esters is 2. The number of ether oxygens (including phenoxy) is 4. The predicted molar refractivity (Wildman–Crippen MR) is 156 cm³/mol. The minimum atomic E-state index is -0.820. The molecule has 0 fully saturated rings. The first-order valence-electron chi connectivity index (χ1n) is 15.0. The van der Waals surface area contributed by atoms with Crippen molar-refractivity contribution >= 4 is 36.3 Å². The maximum absolute atomic E-state index is 12.2. The number of nitrogens with zero attached hydrogens (tertiary/aromatic N) is 2. The summed E-state index contributed by atoms with van der Waals surface area (Å²) in [7, 11) is 0. The molecule has 2 amide bonds. The first-order valence-corrected chi connectivity index (χ1v) is 15.0. The van der Waals surface area contributed by atoms with Crippen LogP contribution in [-0.2, 0) is 38.1 Å². The zero-order chi connectivity index (χ0) is 32.0. The second-order valence-electron chi connectivity index (χ2n) is 10.3. The molecule has 14 nitrogen and oxygen atoms in total. The van der Waals surface area contributed by atoms with Gasteiger partial charge in [0.1, 0.15) is 18.8 Å². The second-order valence-corrected chi connectivity index (χ2v) is 10.3. The average molecular weight is 613 g/mol. The predicted octanol–water partition coefficient (Wildman–Crippen LogP) is 4.05. The zero-order valence-electron chi connectivity index (χ0n) is 25.6. The van der Waals surface area contributed by atoms with Gasteiger partial charge in [0, 0.05) is 32.4 Å². The Morgan fingerprint density at radius 2 is 1.07 bits per heavy atom. The first kappa shape index (κ1) is 39.2. The number of carbonyl (C=O) groups excluding carboxylic acids is 6. The van der Waals surface area contributed by atoms with Gasteiger partial charge in [-0.1, -0.05) is 25.7 Å². The third kappa shape index (κ3) is 28.1. The van der Waals surface area contributed by atoms with E-state index in [2.05, 4.69) is 20.6 Å². The van der Waals surface area contributed by atoms with Crippen LogP contribution in [0.3, 0.4) is 0 Å². The minimum absolute atomic E-state index is 0.0564. The number of hydrogen-bond acceptors (Lipinski definition) is 12. The van der Waals surface area contributed by atoms with Crippen molar-refractivity contribution in [1.82, 2.24) is 10.6 Å². The molecule has 0 aliphatic carbocycles. The highest BCUT2D eigenvalue weighted by Gasteiger charge is 2.23. The Labute approximate surface area is 253 Å². The number of hydrogen-bond donors (Lipinski definition) is 2. The Morgan fingerprint density at radius 3 is 1.60 bits per heavy atom. The van der Waals surface area contributed by atoms with Gasteiger partial charge in [-0.15, -0.1) is 0 Å². The average Bonchev–Trinajstić information content (AvgIpc) is 2.96. The molecule has 0 saturated heterocycles. The maximum atomic E-state index is 12.2. The summed E-state index contributed by atoms with van der Waals surface area (Å²) < 4.78 is 20.6. The van der Waals surface area contributed by atoms with E-state index < -0.39 is 29.7 Å². The van der Waals surface area contributed by atoms with Crippen LogP contribution in [0.25, 0.3) is 0 Å². The third-order valence-corrected chi connectivity index (χ3v) is 5.98. The first-order chi connectivity index (χ1) is 20.7. The zero-order valence-corrected chi connectivity index (χ0v) is 25.6. The molecular weight excluding hydrogens is 564 g/mol. The molecule has 0 heterocycles. The number of isocyanates is 2. The third-order valence-electron chi connectivity index (χ3n) is 5.98. The number of rotatable bonds is 26. The normalized spacial score (nSPS) is 10.5. The van der Waals surface area contributed by atoms with Crippen molar-refractivity contribution < 1.29 is 47.7 Å². The van der Waals surface area contributed by atoms with Gasteiger partial charge in [-0.3, -0.25) is 9.59 Å². The van der Waals surface area contributed by atoms with Crippen molar-refractivity contribution in [2.75, 3.05) is 46.0 Å². The van der Waals surface area contributed by atoms with Gasteiger partial charge in [-0.25, -0.2) is 29.2 Å². The van der Waals surface area contributed by atoms with Crippen molar-refractivity contribution in [2.24, 2.45) is 9.98 Å². The van der Waals surface area contributed by atoms with Crippen LogP contribution in [0.1, 0.15) is 97.3 Å². The van der Waals surface area contributed by atoms with Crippen LogP contribution >= 0.6 is 0 Å². The van der Waals surface area contributed by atoms with Crippen LogP contribution in [0.5, 0.6) is 0 Å². The minimum Gasteiger partial charge on any atom is -0.462 e. The largest absolute Gasteiger partial charge is 0.462 e. The Morgan fingerprint density at radius 1 is 0.605 bits per heavy atom. The summed E-state index contributed by atoms with van der Waals surface area (Å²) in [5.74, 6) is -0.857. The lowest BCUT2D eigenvalue weighted by Gasteiger charge is -2.25. The number of nitrogens with one attached hydrogen (secondary N) is 2. The highest BCUT2D eigenvalue weighted by Crippen LogP contribution is 2.17. The van der Waals surface area contributed by atoms with E-state index in [0.29, 0.717) is 45.4 Å². The van der Waals surface area contributed by atoms with Gasteiger partial charge in [0.25, 0.3) is 0 Å². The molecule has 0 aliphatic rings. The molecule has 0 aromatic heterocycles. The molecule has 0 saturated carbocycles. The fourth-order valence-corrected chi connectivity index (χ4v) is 3.61. The SMILES string of the molecule is CC(C)(CCOC(=O)NCCCCCCN=C=O)OC(=O)CCCCC(=O)OCCOC(=O)NCCCCCCN=C=O. The van der Waals surface area contributed by atoms with Crippen LogP contribution in [0, 0.1) is 0 Å². The highest BCUT2D eigenvalue weighted by molar-refractivity contribution is 5.71. The van der Waals surface area contributed by atoms with E-state index in [-0.39, 0.29) is 32.7 Å². The van der Waals surface area contributed by atoms with E-state index in [0.717, 1.165) is 51.4 Å². The van der Waals surface area contributed by atoms with Gasteiger partial charge in [0.2, 0.25) is 12.2 Å². The van der Waals surface area contributed by atoms with Crippen molar-refractivity contribution in [3.63, 3.8) is 0 Å². The molecule has 0 bridgehead atoms. The van der Waals surface area contributed by atoms with E-state index in [1.165, 1.54) is 12.2 Å². The van der Waals surface area contributed by atoms with Gasteiger partial charge >= 0.3 is 24.1 Å².